The van der Waals surface area contributed by atoms with Crippen LogP contribution in [0.15, 0.2) is 478 Å². The van der Waals surface area contributed by atoms with Gasteiger partial charge in [-0.1, -0.05) is 382 Å². The predicted molar refractivity (Wildman–Crippen MR) is 543 cm³/mol. The van der Waals surface area contributed by atoms with E-state index in [0.29, 0.717) is 11.8 Å². The quantitative estimate of drug-likeness (QED) is 0.137. The van der Waals surface area contributed by atoms with Gasteiger partial charge in [-0.3, -0.25) is 9.55 Å². The number of rotatable bonds is 8. The van der Waals surface area contributed by atoms with E-state index in [2.05, 4.69) is 420 Å². The molecule has 6 aliphatic rings. The number of hydrogen-bond donors (Lipinski definition) is 0. The van der Waals surface area contributed by atoms with Gasteiger partial charge in [0.05, 0.1) is 44.0 Å². The summed E-state index contributed by atoms with van der Waals surface area (Å²) in [6, 6.07) is 165. The second kappa shape index (κ2) is 31.1. The third kappa shape index (κ3) is 11.7. The van der Waals surface area contributed by atoms with Crippen LogP contribution in [0.1, 0.15) is 66.8 Å². The molecule has 0 amide bonds. The Labute approximate surface area is 784 Å². The molecule has 4 aromatic heterocycles. The van der Waals surface area contributed by atoms with Gasteiger partial charge >= 0.3 is 0 Å². The first-order valence-electron chi connectivity index (χ1n) is 46.1. The molecular formula is C126H78N6O4. The highest BCUT2D eigenvalue weighted by molar-refractivity contribution is 6.04. The van der Waals surface area contributed by atoms with Crippen molar-refractivity contribution in [3.05, 3.63) is 540 Å². The van der Waals surface area contributed by atoms with Crippen LogP contribution in [-0.4, -0.2) is 29.7 Å². The van der Waals surface area contributed by atoms with Crippen molar-refractivity contribution in [3.63, 3.8) is 0 Å². The van der Waals surface area contributed by atoms with Crippen LogP contribution in [0.3, 0.4) is 0 Å². The number of hydrogen-bond acceptors (Lipinski definition) is 9. The average Bonchev–Trinajstić information content (AvgIpc) is 1.52. The van der Waals surface area contributed by atoms with Gasteiger partial charge in [0.15, 0.2) is 0 Å². The zero-order chi connectivity index (χ0) is 89.6. The van der Waals surface area contributed by atoms with Crippen molar-refractivity contribution in [2.24, 2.45) is 0 Å². The second-order valence-corrected chi connectivity index (χ2v) is 35.4. The van der Waals surface area contributed by atoms with Gasteiger partial charge < -0.3 is 18.6 Å². The van der Waals surface area contributed by atoms with Crippen LogP contribution in [0.2, 0.25) is 0 Å². The van der Waals surface area contributed by atoms with Crippen molar-refractivity contribution in [2.45, 2.75) is 16.2 Å². The van der Waals surface area contributed by atoms with E-state index in [0.717, 1.165) is 162 Å². The van der Waals surface area contributed by atoms with Gasteiger partial charge in [-0.25, -0.2) is 9.97 Å². The van der Waals surface area contributed by atoms with E-state index < -0.39 is 16.2 Å². The fourth-order valence-corrected chi connectivity index (χ4v) is 22.8. The molecule has 19 aromatic carbocycles. The first-order chi connectivity index (χ1) is 67.4. The summed E-state index contributed by atoms with van der Waals surface area (Å²) >= 11 is 0. The van der Waals surface area contributed by atoms with Gasteiger partial charge in [0.25, 0.3) is 0 Å². The number of imidazole rings is 1. The summed E-state index contributed by atoms with van der Waals surface area (Å²) in [6.45, 7) is 0. The van der Waals surface area contributed by atoms with Gasteiger partial charge in [-0.15, -0.1) is 10.2 Å². The van der Waals surface area contributed by atoms with Crippen LogP contribution in [0.25, 0.3) is 151 Å². The van der Waals surface area contributed by atoms with Gasteiger partial charge in [0.1, 0.15) is 40.3 Å². The first-order valence-corrected chi connectivity index (χ1v) is 46.1. The van der Waals surface area contributed by atoms with Crippen molar-refractivity contribution in [3.8, 4) is 152 Å². The summed E-state index contributed by atoms with van der Waals surface area (Å²) < 4.78 is 29.1. The molecule has 0 saturated carbocycles. The molecule has 0 N–H and O–H groups in total. The minimum Gasteiger partial charge on any atom is -0.456 e. The zero-order valence-electron chi connectivity index (χ0n) is 73.3. The fourth-order valence-electron chi connectivity index (χ4n) is 22.8. The van der Waals surface area contributed by atoms with E-state index in [1.165, 1.54) is 77.9 Å². The van der Waals surface area contributed by atoms with Crippen molar-refractivity contribution >= 4 is 32.8 Å². The van der Waals surface area contributed by atoms with Gasteiger partial charge in [-0.05, 0) is 168 Å². The van der Waals surface area contributed by atoms with Crippen molar-refractivity contribution < 1.29 is 18.6 Å². The zero-order valence-corrected chi connectivity index (χ0v) is 73.3. The highest BCUT2D eigenvalue weighted by Crippen LogP contribution is 2.67. The van der Waals surface area contributed by atoms with Crippen LogP contribution in [0.4, 0.5) is 0 Å². The monoisotopic (exact) mass is 1740 g/mol. The van der Waals surface area contributed by atoms with Crippen LogP contribution in [0, 0.1) is 0 Å². The molecule has 0 atom stereocenters. The Bertz CT molecular complexity index is 8700. The number of nitrogens with zero attached hydrogens (tertiary/aromatic N) is 6. The smallest absolute Gasteiger partial charge is 0.248 e. The van der Waals surface area contributed by atoms with E-state index in [-0.39, 0.29) is 0 Å². The van der Waals surface area contributed by atoms with Crippen LogP contribution < -0.4 is 14.2 Å². The number of benzene rings is 19. The third-order valence-electron chi connectivity index (χ3n) is 28.4. The van der Waals surface area contributed by atoms with Gasteiger partial charge in [-0.2, -0.15) is 0 Å². The maximum atomic E-state index is 6.95. The molecule has 0 unspecified atom stereocenters. The van der Waals surface area contributed by atoms with Crippen LogP contribution in [-0.2, 0) is 16.2 Å². The highest BCUT2D eigenvalue weighted by Gasteiger charge is 2.55. The van der Waals surface area contributed by atoms with E-state index in [4.69, 9.17) is 28.6 Å². The standard InChI is InChI=1S/C44H28N2O.C43H26N2O.C39H24N2O2/c1-2-14-29(15-3-1)43-45-39-25-9-10-26-40(39)46(43)31-17-12-16-30(28-31)32-20-13-24-38-42(32)47-41-27-11-8-23-37(41)44(38)35-21-6-4-18-33(35)34-19-5-7-22-36(34)44;1-3-16-34-32(13-1)33-14-2-4-17-35(33)43(34)36-18-5-6-20-39(36)46-42-31(15-8-19-37(42)43)29-10-7-11-30(26-29)38-24-23-28-22-21-27-12-9-25-44-40(27)41(28)45-38;1-2-12-25(13-3-1)37-40-41-38(43-37)27-15-10-14-26(24-27)28-18-11-22-34-36(28)42-35-23-9-8-21-33(35)39(34)31-19-6-4-16-29(31)30-17-5-7-20-32(30)39/h1-28H;1-26H;1-24H. The molecule has 0 fully saturated rings. The normalized spacial score (nSPS) is 13.5. The van der Waals surface area contributed by atoms with E-state index in [1.54, 1.807) is 0 Å². The fraction of sp³-hybridized carbons (Fsp3) is 0.0238. The molecule has 23 aromatic rings. The van der Waals surface area contributed by atoms with Crippen molar-refractivity contribution in [2.75, 3.05) is 0 Å². The Morgan fingerprint density at radius 1 is 0.221 bits per heavy atom. The minimum atomic E-state index is -0.498. The third-order valence-corrected chi connectivity index (χ3v) is 28.4. The van der Waals surface area contributed by atoms with E-state index in [9.17, 15) is 0 Å². The molecule has 0 radical (unpaired) electrons. The Balaban J connectivity index is 0.000000103. The molecule has 3 aliphatic carbocycles. The number of pyridine rings is 2. The molecule has 636 valence electrons. The number of aromatic nitrogens is 6. The first kappa shape index (κ1) is 77.9. The molecule has 3 spiro atoms. The topological polar surface area (TPSA) is 110 Å². The average molecular weight is 1740 g/mol. The lowest BCUT2D eigenvalue weighted by Gasteiger charge is -2.40. The maximum absolute atomic E-state index is 6.95. The van der Waals surface area contributed by atoms with Crippen LogP contribution >= 0.6 is 0 Å². The van der Waals surface area contributed by atoms with Crippen molar-refractivity contribution in [1.82, 2.24) is 29.7 Å². The molecule has 10 heteroatoms. The van der Waals surface area contributed by atoms with Gasteiger partial charge in [0.2, 0.25) is 11.8 Å². The van der Waals surface area contributed by atoms with Crippen LogP contribution in [0.5, 0.6) is 34.5 Å². The Morgan fingerprint density at radius 3 is 1.04 bits per heavy atom. The molecule has 10 nitrogen and oxygen atoms in total. The lowest BCUT2D eigenvalue weighted by molar-refractivity contribution is 0.438. The lowest BCUT2D eigenvalue weighted by atomic mass is 9.65. The molecular weight excluding hydrogens is 1660 g/mol. The second-order valence-electron chi connectivity index (χ2n) is 35.4. The SMILES string of the molecule is c1cc(-c2ccc3ccc4cccnc4c3n2)cc(-c2cccc3c2Oc2ccccc2C32c3ccccc3-c3ccccc32)c1.c1ccc(-c2nc3ccccc3n2-c2cccc(-c3cccc4c3Oc3ccccc3C43c4ccccc4-c4ccccc43)c2)cc1.c1ccc(-c2nnc(-c3cccc(-c4cccc5c4Oc4ccccc4C54c5ccccc5-c5ccccc54)c3)o2)cc1. The maximum Gasteiger partial charge on any atom is 0.248 e. The lowest BCUT2D eigenvalue weighted by Crippen LogP contribution is -2.32. The molecule has 0 bridgehead atoms. The molecule has 0 saturated heterocycles. The van der Waals surface area contributed by atoms with E-state index >= 15 is 0 Å². The molecule has 29 rings (SSSR count). The minimum absolute atomic E-state index is 0.479. The molecule has 136 heavy (non-hydrogen) atoms. The number of para-hydroxylation sites is 8. The summed E-state index contributed by atoms with van der Waals surface area (Å²) in [5.74, 6) is 7.20. The Hall–Kier alpha value is -18.0. The highest BCUT2D eigenvalue weighted by atomic mass is 16.5. The Kier molecular flexibility index (Phi) is 17.8. The number of ether oxygens (including phenoxy) is 3. The number of fused-ring (bicyclic) bond motifs is 31. The Morgan fingerprint density at radius 2 is 0.559 bits per heavy atom. The van der Waals surface area contributed by atoms with E-state index in [1.807, 2.05) is 72.9 Å². The summed E-state index contributed by atoms with van der Waals surface area (Å²) in [5, 5.41) is 10.9. The predicted octanol–water partition coefficient (Wildman–Crippen LogP) is 31.0. The summed E-state index contributed by atoms with van der Waals surface area (Å²) in [7, 11) is 0. The largest absolute Gasteiger partial charge is 0.456 e. The van der Waals surface area contributed by atoms with Gasteiger partial charge in [0, 0.05) is 95.0 Å². The molecule has 3 aliphatic heterocycles. The summed E-state index contributed by atoms with van der Waals surface area (Å²) in [6.07, 6.45) is 1.83. The summed E-state index contributed by atoms with van der Waals surface area (Å²) in [5.41, 5.74) is 36.9. The van der Waals surface area contributed by atoms with Crippen molar-refractivity contribution in [1.29, 1.82) is 0 Å². The summed E-state index contributed by atoms with van der Waals surface area (Å²) in [4.78, 5) is 14.9. The molecule has 7 heterocycles.